The minimum atomic E-state index is -4.49. The van der Waals surface area contributed by atoms with E-state index >= 15 is 0 Å². The van der Waals surface area contributed by atoms with Gasteiger partial charge in [0.25, 0.3) is 13.4 Å². The maximum Gasteiger partial charge on any atom is 1.00 e. The van der Waals surface area contributed by atoms with Crippen LogP contribution in [0.15, 0.2) is 15.9 Å². The summed E-state index contributed by atoms with van der Waals surface area (Å²) in [7, 11) is -4.49. The van der Waals surface area contributed by atoms with Crippen molar-refractivity contribution in [1.82, 2.24) is 19.5 Å². The number of hydrogen-bond acceptors (Lipinski definition) is 9. The molecule has 12 nitrogen and oxygen atoms in total. The van der Waals surface area contributed by atoms with Crippen LogP contribution >= 0.6 is 7.82 Å². The number of imidazole rings is 1. The molecule has 4 rings (SSSR count). The van der Waals surface area contributed by atoms with Crippen LogP contribution in [0.3, 0.4) is 0 Å². The van der Waals surface area contributed by atoms with E-state index in [0.29, 0.717) is 0 Å². The average Bonchev–Trinajstić information content (AvgIpc) is 3.00. The van der Waals surface area contributed by atoms with E-state index in [4.69, 9.17) is 9.26 Å². The van der Waals surface area contributed by atoms with Gasteiger partial charge in [-0.15, -0.1) is 0 Å². The molecule has 2 aromatic heterocycles. The second-order valence-electron chi connectivity index (χ2n) is 5.13. The number of nitrogens with zero attached hydrogens (tertiary/aromatic N) is 2. The zero-order chi connectivity index (χ0) is 16.4. The Bertz CT molecular complexity index is 939. The molecule has 2 saturated heterocycles. The van der Waals surface area contributed by atoms with Gasteiger partial charge in [0.15, 0.2) is 11.7 Å². The third kappa shape index (κ3) is 2.83. The molecule has 0 spiro atoms. The van der Waals surface area contributed by atoms with Crippen molar-refractivity contribution in [1.29, 1.82) is 0 Å². The topological polar surface area (TPSA) is 172 Å². The average molecular weight is 368 g/mol. The fourth-order valence-electron chi connectivity index (χ4n) is 2.70. The van der Waals surface area contributed by atoms with Crippen LogP contribution in [0.2, 0.25) is 0 Å². The largest absolute Gasteiger partial charge is 1.00 e. The van der Waals surface area contributed by atoms with Crippen molar-refractivity contribution in [2.75, 3.05) is 6.61 Å². The molecule has 4 heterocycles. The Morgan fingerprint density at radius 2 is 2.17 bits per heavy atom. The Morgan fingerprint density at radius 3 is 2.92 bits per heavy atom. The first kappa shape index (κ1) is 18.0. The number of aliphatic hydroxyl groups is 1. The van der Waals surface area contributed by atoms with Gasteiger partial charge in [-0.05, 0) is 0 Å². The van der Waals surface area contributed by atoms with Crippen LogP contribution < -0.4 is 45.7 Å². The maximum atomic E-state index is 11.7. The molecule has 5 atom stereocenters. The number of aliphatic hydroxyl groups excluding tert-OH is 1. The summed E-state index contributed by atoms with van der Waals surface area (Å²) in [5.41, 5.74) is -1.47. The third-order valence-electron chi connectivity index (χ3n) is 3.70. The fraction of sp³-hybridized carbons (Fsp3) is 0.500. The molecule has 0 amide bonds. The third-order valence-corrected chi connectivity index (χ3v) is 4.67. The molecular weight excluding hydrogens is 358 g/mol. The standard InChI is InChI=1S/C10H11N4O8P.Na/c15-5-6-3(1-20-23(18,19)22-6)21-9(5)14-2-11-4-7(14)12-10(17)13-8(4)16;/h2-3,5-6,9,15H,1H2,(H,18,19)(H2,12,13,16,17);/q;+1/p-1/t3-,5-,6-,9-;/m1./s1. The van der Waals surface area contributed by atoms with Crippen LogP contribution in [-0.4, -0.2) is 49.5 Å². The summed E-state index contributed by atoms with van der Waals surface area (Å²) in [6.45, 7) is -0.303. The van der Waals surface area contributed by atoms with Crippen LogP contribution in [0.5, 0.6) is 0 Å². The number of fused-ring (bicyclic) bond motifs is 2. The van der Waals surface area contributed by atoms with Crippen LogP contribution in [0.1, 0.15) is 6.23 Å². The molecule has 2 aliphatic heterocycles. The molecule has 2 aromatic rings. The predicted octanol–water partition coefficient (Wildman–Crippen LogP) is -5.44. The van der Waals surface area contributed by atoms with Crippen molar-refractivity contribution in [3.05, 3.63) is 27.2 Å². The number of rotatable bonds is 1. The molecule has 2 fully saturated rings. The molecule has 0 bridgehead atoms. The first-order valence-electron chi connectivity index (χ1n) is 6.52. The van der Waals surface area contributed by atoms with Gasteiger partial charge in [0, 0.05) is 0 Å². The second-order valence-corrected chi connectivity index (χ2v) is 6.49. The van der Waals surface area contributed by atoms with Gasteiger partial charge >= 0.3 is 35.2 Å². The van der Waals surface area contributed by atoms with E-state index in [1.807, 2.05) is 4.98 Å². The van der Waals surface area contributed by atoms with Gasteiger partial charge < -0.3 is 23.8 Å². The summed E-state index contributed by atoms with van der Waals surface area (Å²) in [6.07, 6.45) is -3.25. The quantitative estimate of drug-likeness (QED) is 0.328. The molecule has 0 aromatic carbocycles. The zero-order valence-electron chi connectivity index (χ0n) is 12.2. The summed E-state index contributed by atoms with van der Waals surface area (Å²) in [4.78, 5) is 42.7. The number of ether oxygens (including phenoxy) is 1. The zero-order valence-corrected chi connectivity index (χ0v) is 15.1. The number of nitrogens with one attached hydrogen (secondary N) is 2. The molecular formula is C10H10N4NaO8P. The van der Waals surface area contributed by atoms with Crippen LogP contribution in [0.4, 0.5) is 0 Å². The van der Waals surface area contributed by atoms with Crippen LogP contribution in [0.25, 0.3) is 11.2 Å². The second kappa shape index (κ2) is 6.16. The molecule has 0 radical (unpaired) electrons. The smallest absolute Gasteiger partial charge is 0.756 e. The summed E-state index contributed by atoms with van der Waals surface area (Å²) in [5, 5.41) is 10.3. The first-order valence-corrected chi connectivity index (χ1v) is 7.98. The number of phosphoric ester groups is 1. The van der Waals surface area contributed by atoms with Crippen molar-refractivity contribution in [3.63, 3.8) is 0 Å². The summed E-state index contributed by atoms with van der Waals surface area (Å²) >= 11 is 0. The predicted molar refractivity (Wildman–Crippen MR) is 69.3 cm³/mol. The van der Waals surface area contributed by atoms with E-state index < -0.39 is 43.6 Å². The number of phosphoric acid groups is 1. The van der Waals surface area contributed by atoms with E-state index in [9.17, 15) is 24.2 Å². The molecule has 2 aliphatic rings. The fourth-order valence-corrected chi connectivity index (χ4v) is 3.65. The Hall–Kier alpha value is -0.820. The van der Waals surface area contributed by atoms with E-state index in [-0.39, 0.29) is 47.3 Å². The van der Waals surface area contributed by atoms with E-state index in [0.717, 1.165) is 0 Å². The Morgan fingerprint density at radius 1 is 1.42 bits per heavy atom. The number of aromatic nitrogens is 4. The molecule has 1 unspecified atom stereocenters. The minimum absolute atomic E-state index is 0. The SMILES string of the molecule is O=c1[nH]c(=O)c2ncn([C@@H]3O[C@@H]4COP(=O)([O-])O[C@H]4[C@H]3O)c2[nH]1.[Na+]. The first-order chi connectivity index (χ1) is 10.9. The molecule has 0 aliphatic carbocycles. The van der Waals surface area contributed by atoms with Crippen molar-refractivity contribution >= 4 is 19.0 Å². The Kier molecular flexibility index (Phi) is 4.62. The van der Waals surface area contributed by atoms with Gasteiger partial charge in [-0.1, -0.05) is 0 Å². The van der Waals surface area contributed by atoms with Gasteiger partial charge in [0.1, 0.15) is 24.0 Å². The molecule has 14 heteroatoms. The molecule has 24 heavy (non-hydrogen) atoms. The van der Waals surface area contributed by atoms with E-state index in [2.05, 4.69) is 14.5 Å². The van der Waals surface area contributed by atoms with Gasteiger partial charge in [-0.3, -0.25) is 23.9 Å². The molecule has 3 N–H and O–H groups in total. The summed E-state index contributed by atoms with van der Waals surface area (Å²) < 4.78 is 27.4. The van der Waals surface area contributed by atoms with Gasteiger partial charge in [0.2, 0.25) is 0 Å². The number of H-pyrrole nitrogens is 2. The molecule has 0 saturated carbocycles. The van der Waals surface area contributed by atoms with Crippen molar-refractivity contribution < 1.29 is 57.9 Å². The molecule has 124 valence electrons. The van der Waals surface area contributed by atoms with Crippen molar-refractivity contribution in [2.45, 2.75) is 24.5 Å². The minimum Gasteiger partial charge on any atom is -0.756 e. The van der Waals surface area contributed by atoms with Gasteiger partial charge in [0.05, 0.1) is 12.9 Å². The van der Waals surface area contributed by atoms with Crippen molar-refractivity contribution in [3.8, 4) is 0 Å². The van der Waals surface area contributed by atoms with E-state index in [1.165, 1.54) is 10.9 Å². The Labute approximate surface area is 154 Å². The number of hydrogen-bond donors (Lipinski definition) is 3. The number of aromatic amines is 2. The maximum absolute atomic E-state index is 11.7. The Balaban J connectivity index is 0.00000169. The summed E-state index contributed by atoms with van der Waals surface area (Å²) in [6, 6.07) is 0. The van der Waals surface area contributed by atoms with Crippen molar-refractivity contribution in [2.24, 2.45) is 0 Å². The summed E-state index contributed by atoms with van der Waals surface area (Å²) in [5.74, 6) is 0. The van der Waals surface area contributed by atoms with Gasteiger partial charge in [-0.2, -0.15) is 0 Å². The normalized spacial score (nSPS) is 35.6. The van der Waals surface area contributed by atoms with Gasteiger partial charge in [-0.25, -0.2) is 9.78 Å². The monoisotopic (exact) mass is 368 g/mol. The van der Waals surface area contributed by atoms with Crippen LogP contribution in [0, 0.1) is 0 Å². The van der Waals surface area contributed by atoms with E-state index in [1.54, 1.807) is 0 Å². The van der Waals surface area contributed by atoms with Crippen LogP contribution in [-0.2, 0) is 18.3 Å².